The van der Waals surface area contributed by atoms with Crippen LogP contribution < -0.4 is 5.32 Å². The van der Waals surface area contributed by atoms with Crippen molar-refractivity contribution < 1.29 is 0 Å². The molecule has 2 rings (SSSR count). The van der Waals surface area contributed by atoms with Gasteiger partial charge in [0.05, 0.1) is 11.2 Å². The molecule has 0 fully saturated rings. The molecule has 2 unspecified atom stereocenters. The molecule has 1 aromatic heterocycles. The Bertz CT molecular complexity index is 383. The summed E-state index contributed by atoms with van der Waals surface area (Å²) in [6, 6.07) is 0. The fraction of sp³-hybridized carbons (Fsp3) is 0.812. The summed E-state index contributed by atoms with van der Waals surface area (Å²) in [7, 11) is 2.10. The fourth-order valence-corrected chi connectivity index (χ4v) is 4.49. The van der Waals surface area contributed by atoms with E-state index >= 15 is 0 Å². The van der Waals surface area contributed by atoms with Gasteiger partial charge in [-0.15, -0.1) is 11.3 Å². The standard InChI is InChI=1S/C16H28N2S/c1-5-12(3)11-16(6-2,17-4)15-18-13-9-7-8-10-14(13)19-15/h12,17H,5-11H2,1-4H3. The summed E-state index contributed by atoms with van der Waals surface area (Å²) in [5, 5.41) is 4.94. The molecule has 0 amide bonds. The lowest BCUT2D eigenvalue weighted by Crippen LogP contribution is -2.40. The molecule has 0 radical (unpaired) electrons. The van der Waals surface area contributed by atoms with Crippen LogP contribution in [0.5, 0.6) is 0 Å². The molecule has 0 saturated carbocycles. The van der Waals surface area contributed by atoms with E-state index in [0.717, 1.165) is 12.3 Å². The van der Waals surface area contributed by atoms with E-state index in [-0.39, 0.29) is 5.54 Å². The van der Waals surface area contributed by atoms with E-state index < -0.39 is 0 Å². The van der Waals surface area contributed by atoms with Crippen LogP contribution in [0.1, 0.15) is 68.5 Å². The zero-order chi connectivity index (χ0) is 13.9. The van der Waals surface area contributed by atoms with Gasteiger partial charge < -0.3 is 5.32 Å². The predicted octanol–water partition coefficient (Wildman–Crippen LogP) is 4.28. The highest BCUT2D eigenvalue weighted by Gasteiger charge is 2.34. The number of fused-ring (bicyclic) bond motifs is 1. The Hall–Kier alpha value is -0.410. The smallest absolute Gasteiger partial charge is 0.113 e. The van der Waals surface area contributed by atoms with Crippen molar-refractivity contribution in [2.75, 3.05) is 7.05 Å². The Kier molecular flexibility index (Phi) is 5.02. The minimum atomic E-state index is 0.0947. The van der Waals surface area contributed by atoms with E-state index in [1.807, 2.05) is 11.3 Å². The maximum absolute atomic E-state index is 5.01. The summed E-state index contributed by atoms with van der Waals surface area (Å²) in [5.41, 5.74) is 1.49. The molecular formula is C16H28N2S. The average Bonchev–Trinajstić information content (AvgIpc) is 2.88. The molecule has 1 aromatic rings. The van der Waals surface area contributed by atoms with Gasteiger partial charge in [0.25, 0.3) is 0 Å². The average molecular weight is 280 g/mol. The van der Waals surface area contributed by atoms with E-state index in [0.29, 0.717) is 0 Å². The van der Waals surface area contributed by atoms with Crippen molar-refractivity contribution in [2.45, 2.75) is 71.3 Å². The zero-order valence-electron chi connectivity index (χ0n) is 12.9. The molecule has 108 valence electrons. The van der Waals surface area contributed by atoms with Crippen LogP contribution in [0, 0.1) is 5.92 Å². The first-order valence-electron chi connectivity index (χ1n) is 7.83. The van der Waals surface area contributed by atoms with Crippen LogP contribution in [0.3, 0.4) is 0 Å². The van der Waals surface area contributed by atoms with Gasteiger partial charge in [0.2, 0.25) is 0 Å². The number of thiazole rings is 1. The quantitative estimate of drug-likeness (QED) is 0.841. The van der Waals surface area contributed by atoms with Gasteiger partial charge in [-0.1, -0.05) is 27.2 Å². The second-order valence-corrected chi connectivity index (χ2v) is 7.08. The third-order valence-corrected chi connectivity index (χ3v) is 6.09. The van der Waals surface area contributed by atoms with Gasteiger partial charge >= 0.3 is 0 Å². The maximum atomic E-state index is 5.01. The van der Waals surface area contributed by atoms with Crippen molar-refractivity contribution in [1.82, 2.24) is 10.3 Å². The summed E-state index contributed by atoms with van der Waals surface area (Å²) in [6.45, 7) is 6.93. The summed E-state index contributed by atoms with van der Waals surface area (Å²) < 4.78 is 0. The van der Waals surface area contributed by atoms with Gasteiger partial charge in [-0.3, -0.25) is 0 Å². The van der Waals surface area contributed by atoms with Gasteiger partial charge in [0.15, 0.2) is 0 Å². The van der Waals surface area contributed by atoms with Crippen LogP contribution in [0.25, 0.3) is 0 Å². The van der Waals surface area contributed by atoms with Crippen molar-refractivity contribution in [3.8, 4) is 0 Å². The van der Waals surface area contributed by atoms with Crippen LogP contribution in [-0.2, 0) is 18.4 Å². The SMILES string of the molecule is CCC(C)CC(CC)(NC)c1nc2c(s1)CCCC2. The zero-order valence-corrected chi connectivity index (χ0v) is 13.7. The molecule has 2 nitrogen and oxygen atoms in total. The van der Waals surface area contributed by atoms with E-state index in [9.17, 15) is 0 Å². The predicted molar refractivity (Wildman–Crippen MR) is 83.9 cm³/mol. The Balaban J connectivity index is 2.29. The molecule has 0 spiro atoms. The summed E-state index contributed by atoms with van der Waals surface area (Å²) in [6.07, 6.45) is 8.68. The topological polar surface area (TPSA) is 24.9 Å². The second-order valence-electron chi connectivity index (χ2n) is 6.00. The molecule has 0 aliphatic heterocycles. The largest absolute Gasteiger partial charge is 0.308 e. The molecular weight excluding hydrogens is 252 g/mol. The van der Waals surface area contributed by atoms with Gasteiger partial charge in [-0.25, -0.2) is 4.98 Å². The Morgan fingerprint density at radius 2 is 2.05 bits per heavy atom. The lowest BCUT2D eigenvalue weighted by molar-refractivity contribution is 0.266. The first kappa shape index (κ1) is 15.0. The normalized spacial score (nSPS) is 19.8. The van der Waals surface area contributed by atoms with Crippen molar-refractivity contribution in [3.63, 3.8) is 0 Å². The molecule has 3 heteroatoms. The third kappa shape index (κ3) is 3.03. The highest BCUT2D eigenvalue weighted by Crippen LogP contribution is 2.38. The van der Waals surface area contributed by atoms with E-state index in [2.05, 4.69) is 33.1 Å². The molecule has 0 aromatic carbocycles. The fourth-order valence-electron chi connectivity index (χ4n) is 3.06. The van der Waals surface area contributed by atoms with Crippen LogP contribution in [0.15, 0.2) is 0 Å². The third-order valence-electron chi connectivity index (χ3n) is 4.73. The molecule has 2 atom stereocenters. The molecule has 1 aliphatic rings. The minimum Gasteiger partial charge on any atom is -0.308 e. The number of aryl methyl sites for hydroxylation is 2. The highest BCUT2D eigenvalue weighted by atomic mass is 32.1. The van der Waals surface area contributed by atoms with E-state index in [1.54, 1.807) is 4.88 Å². The first-order chi connectivity index (χ1) is 9.15. The van der Waals surface area contributed by atoms with Crippen molar-refractivity contribution >= 4 is 11.3 Å². The van der Waals surface area contributed by atoms with E-state index in [4.69, 9.17) is 4.98 Å². The Morgan fingerprint density at radius 1 is 1.32 bits per heavy atom. The Morgan fingerprint density at radius 3 is 2.63 bits per heavy atom. The number of nitrogens with one attached hydrogen (secondary N) is 1. The van der Waals surface area contributed by atoms with Crippen LogP contribution >= 0.6 is 11.3 Å². The van der Waals surface area contributed by atoms with Gasteiger partial charge in [-0.2, -0.15) is 0 Å². The Labute approximate surface area is 122 Å². The van der Waals surface area contributed by atoms with Crippen LogP contribution in [-0.4, -0.2) is 12.0 Å². The van der Waals surface area contributed by atoms with Gasteiger partial charge in [0.1, 0.15) is 5.01 Å². The van der Waals surface area contributed by atoms with Crippen molar-refractivity contribution in [2.24, 2.45) is 5.92 Å². The van der Waals surface area contributed by atoms with Crippen molar-refractivity contribution in [3.05, 3.63) is 15.6 Å². The number of hydrogen-bond donors (Lipinski definition) is 1. The second kappa shape index (κ2) is 6.36. The van der Waals surface area contributed by atoms with Crippen LogP contribution in [0.2, 0.25) is 0 Å². The molecule has 1 N–H and O–H groups in total. The lowest BCUT2D eigenvalue weighted by Gasteiger charge is -2.33. The number of hydrogen-bond acceptors (Lipinski definition) is 3. The molecule has 0 saturated heterocycles. The lowest BCUT2D eigenvalue weighted by atomic mass is 9.85. The first-order valence-corrected chi connectivity index (χ1v) is 8.64. The number of nitrogens with zero attached hydrogens (tertiary/aromatic N) is 1. The van der Waals surface area contributed by atoms with Crippen molar-refractivity contribution in [1.29, 1.82) is 0 Å². The van der Waals surface area contributed by atoms with Gasteiger partial charge in [-0.05, 0) is 51.5 Å². The summed E-state index contributed by atoms with van der Waals surface area (Å²) in [4.78, 5) is 6.56. The molecule has 1 heterocycles. The highest BCUT2D eigenvalue weighted by molar-refractivity contribution is 7.11. The monoisotopic (exact) mass is 280 g/mol. The summed E-state index contributed by atoms with van der Waals surface area (Å²) in [5.74, 6) is 0.744. The summed E-state index contributed by atoms with van der Waals surface area (Å²) >= 11 is 1.97. The number of aromatic nitrogens is 1. The molecule has 1 aliphatic carbocycles. The number of rotatable bonds is 6. The van der Waals surface area contributed by atoms with Gasteiger partial charge in [0, 0.05) is 4.88 Å². The maximum Gasteiger partial charge on any atom is 0.113 e. The van der Waals surface area contributed by atoms with E-state index in [1.165, 1.54) is 49.2 Å². The molecule has 19 heavy (non-hydrogen) atoms. The minimum absolute atomic E-state index is 0.0947. The molecule has 0 bridgehead atoms. The van der Waals surface area contributed by atoms with Crippen LogP contribution in [0.4, 0.5) is 0 Å².